The fourth-order valence-electron chi connectivity index (χ4n) is 3.14. The summed E-state index contributed by atoms with van der Waals surface area (Å²) < 4.78 is 46.8. The Balaban J connectivity index is 1.99. The van der Waals surface area contributed by atoms with E-state index >= 15 is 0 Å². The highest BCUT2D eigenvalue weighted by molar-refractivity contribution is 9.10. The molecule has 0 spiro atoms. The lowest BCUT2D eigenvalue weighted by Gasteiger charge is -2.28. The van der Waals surface area contributed by atoms with Crippen molar-refractivity contribution >= 4 is 39.1 Å². The van der Waals surface area contributed by atoms with Gasteiger partial charge in [-0.25, -0.2) is 13.2 Å². The molecule has 1 unspecified atom stereocenters. The van der Waals surface area contributed by atoms with E-state index in [4.69, 9.17) is 4.74 Å². The largest absolute Gasteiger partial charge is 0.496 e. The van der Waals surface area contributed by atoms with E-state index in [0.717, 1.165) is 27.7 Å². The molecule has 0 bridgehead atoms. The molecule has 0 radical (unpaired) electrons. The number of hydrogen-bond acceptors (Lipinski definition) is 3. The van der Waals surface area contributed by atoms with Gasteiger partial charge >= 0.3 is 0 Å². The Morgan fingerprint density at radius 3 is 2.74 bits per heavy atom. The summed E-state index contributed by atoms with van der Waals surface area (Å²) in [7, 11) is 1.60. The number of nitrogens with zero attached hydrogens (tertiary/aromatic N) is 1. The monoisotopic (exact) mass is 459 g/mol. The fourth-order valence-corrected chi connectivity index (χ4v) is 4.83. The maximum Gasteiger partial charge on any atom is 0.245 e. The summed E-state index contributed by atoms with van der Waals surface area (Å²) in [5.74, 6) is -1.52. The van der Waals surface area contributed by atoms with Crippen LogP contribution in [0.15, 0.2) is 45.8 Å². The second-order valence-corrected chi connectivity index (χ2v) is 8.75. The van der Waals surface area contributed by atoms with Crippen molar-refractivity contribution in [3.63, 3.8) is 0 Å². The van der Waals surface area contributed by atoms with Gasteiger partial charge in [-0.15, -0.1) is 11.8 Å². The number of fused-ring (bicyclic) bond motifs is 1. The average Bonchev–Trinajstić information content (AvgIpc) is 2.78. The zero-order valence-electron chi connectivity index (χ0n) is 15.1. The van der Waals surface area contributed by atoms with Crippen molar-refractivity contribution in [3.05, 3.63) is 46.7 Å². The molecule has 0 fully saturated rings. The summed E-state index contributed by atoms with van der Waals surface area (Å²) in [5.41, 5.74) is 1.63. The topological polar surface area (TPSA) is 12.5 Å². The second-order valence-electron chi connectivity index (χ2n) is 6.83. The summed E-state index contributed by atoms with van der Waals surface area (Å²) in [6, 6.07) is 10.3. The van der Waals surface area contributed by atoms with Crippen LogP contribution in [0.4, 0.5) is 24.5 Å². The number of hydrogen-bond donors (Lipinski definition) is 0. The molecule has 0 aromatic heterocycles. The first-order chi connectivity index (χ1) is 12.8. The molecular weight excluding hydrogens is 439 g/mol. The lowest BCUT2D eigenvalue weighted by atomic mass is 10.0. The maximum absolute atomic E-state index is 13.8. The molecule has 0 saturated heterocycles. The van der Waals surface area contributed by atoms with Gasteiger partial charge in [0, 0.05) is 29.3 Å². The third kappa shape index (κ3) is 5.13. The summed E-state index contributed by atoms with van der Waals surface area (Å²) in [6.07, 6.45) is 0.257. The Morgan fingerprint density at radius 2 is 2.07 bits per heavy atom. The molecule has 1 heterocycles. The zero-order valence-corrected chi connectivity index (χ0v) is 17.5. The van der Waals surface area contributed by atoms with Crippen LogP contribution < -0.4 is 9.64 Å². The highest BCUT2D eigenvalue weighted by atomic mass is 79.9. The predicted octanol–water partition coefficient (Wildman–Crippen LogP) is 6.89. The number of ether oxygens (including phenoxy) is 1. The van der Waals surface area contributed by atoms with Crippen LogP contribution in [0.1, 0.15) is 19.8 Å². The molecule has 7 heteroatoms. The standard InChI is InChI=1S/C20H21BrF3NOS/c1-20(23,24)7-6-13-11-25(15-5-3-4-14(22)8-15)17-9-16(21)18(26-2)10-19(17)27-12-13/h3-5,8-10,13H,6-7,11-12H2,1-2H3. The van der Waals surface area contributed by atoms with Gasteiger partial charge in [-0.1, -0.05) is 6.07 Å². The van der Waals surface area contributed by atoms with Gasteiger partial charge < -0.3 is 9.64 Å². The van der Waals surface area contributed by atoms with Crippen LogP contribution >= 0.6 is 27.7 Å². The predicted molar refractivity (Wildman–Crippen MR) is 108 cm³/mol. The highest BCUT2D eigenvalue weighted by Gasteiger charge is 2.28. The second kappa shape index (κ2) is 8.35. The molecule has 0 aliphatic carbocycles. The Hall–Kier alpha value is -1.34. The van der Waals surface area contributed by atoms with Crippen molar-refractivity contribution in [2.75, 3.05) is 24.3 Å². The van der Waals surface area contributed by atoms with E-state index in [1.165, 1.54) is 12.1 Å². The number of methoxy groups -OCH3 is 1. The highest BCUT2D eigenvalue weighted by Crippen LogP contribution is 2.45. The van der Waals surface area contributed by atoms with Crippen LogP contribution in [0.25, 0.3) is 0 Å². The molecule has 0 saturated carbocycles. The lowest BCUT2D eigenvalue weighted by molar-refractivity contribution is 0.00772. The van der Waals surface area contributed by atoms with Crippen molar-refractivity contribution < 1.29 is 17.9 Å². The van der Waals surface area contributed by atoms with E-state index in [2.05, 4.69) is 15.9 Å². The van der Waals surface area contributed by atoms with E-state index in [9.17, 15) is 13.2 Å². The molecule has 2 aromatic rings. The third-order valence-electron chi connectivity index (χ3n) is 4.55. The summed E-state index contributed by atoms with van der Waals surface area (Å²) in [4.78, 5) is 3.01. The Labute approximate surface area is 170 Å². The maximum atomic E-state index is 13.8. The minimum Gasteiger partial charge on any atom is -0.496 e. The SMILES string of the molecule is COc1cc2c(cc1Br)N(c1cccc(F)c1)CC(CCC(C)(F)F)CS2. The van der Waals surface area contributed by atoms with Crippen LogP contribution in [-0.4, -0.2) is 25.3 Å². The van der Waals surface area contributed by atoms with Gasteiger partial charge in [0.05, 0.1) is 17.3 Å². The number of thioether (sulfide) groups is 1. The van der Waals surface area contributed by atoms with Crippen LogP contribution in [0.2, 0.25) is 0 Å². The van der Waals surface area contributed by atoms with Gasteiger partial charge in [-0.3, -0.25) is 0 Å². The first-order valence-electron chi connectivity index (χ1n) is 8.68. The van der Waals surface area contributed by atoms with Gasteiger partial charge in [-0.05, 0) is 65.5 Å². The Kier molecular flexibility index (Phi) is 6.31. The number of anilines is 2. The molecule has 0 amide bonds. The fraction of sp³-hybridized carbons (Fsp3) is 0.400. The average molecular weight is 460 g/mol. The minimum absolute atomic E-state index is 0.0567. The normalized spacial score (nSPS) is 17.4. The molecule has 1 atom stereocenters. The molecule has 3 rings (SSSR count). The molecule has 2 nitrogen and oxygen atoms in total. The van der Waals surface area contributed by atoms with Gasteiger partial charge in [0.2, 0.25) is 5.92 Å². The van der Waals surface area contributed by atoms with Gasteiger partial charge in [0.25, 0.3) is 0 Å². The van der Waals surface area contributed by atoms with Crippen molar-refractivity contribution in [2.24, 2.45) is 5.92 Å². The summed E-state index contributed by atoms with van der Waals surface area (Å²) in [6.45, 7) is 1.51. The minimum atomic E-state index is -2.68. The molecular formula is C20H21BrF3NOS. The van der Waals surface area contributed by atoms with E-state index in [-0.39, 0.29) is 18.2 Å². The van der Waals surface area contributed by atoms with Crippen LogP contribution in [0.3, 0.4) is 0 Å². The van der Waals surface area contributed by atoms with Crippen LogP contribution in [0, 0.1) is 11.7 Å². The lowest BCUT2D eigenvalue weighted by Crippen LogP contribution is -2.26. The van der Waals surface area contributed by atoms with Crippen LogP contribution in [0.5, 0.6) is 5.75 Å². The summed E-state index contributed by atoms with van der Waals surface area (Å²) in [5, 5.41) is 0. The zero-order chi connectivity index (χ0) is 19.6. The van der Waals surface area contributed by atoms with Gasteiger partial charge in [-0.2, -0.15) is 0 Å². The first kappa shape index (κ1) is 20.4. The van der Waals surface area contributed by atoms with Gasteiger partial charge in [0.1, 0.15) is 11.6 Å². The summed E-state index contributed by atoms with van der Waals surface area (Å²) >= 11 is 5.14. The molecule has 1 aliphatic rings. The van der Waals surface area contributed by atoms with Crippen molar-refractivity contribution in [2.45, 2.75) is 30.6 Å². The van der Waals surface area contributed by atoms with E-state index in [1.807, 2.05) is 23.1 Å². The van der Waals surface area contributed by atoms with Gasteiger partial charge in [0.15, 0.2) is 0 Å². The van der Waals surface area contributed by atoms with E-state index < -0.39 is 5.92 Å². The third-order valence-corrected chi connectivity index (χ3v) is 6.45. The molecule has 27 heavy (non-hydrogen) atoms. The number of alkyl halides is 2. The quantitative estimate of drug-likeness (QED) is 0.482. The molecule has 0 N–H and O–H groups in total. The number of halogens is 4. The van der Waals surface area contributed by atoms with Crippen molar-refractivity contribution in [1.82, 2.24) is 0 Å². The molecule has 2 aromatic carbocycles. The number of benzene rings is 2. The van der Waals surface area contributed by atoms with E-state index in [1.54, 1.807) is 24.9 Å². The Morgan fingerprint density at radius 1 is 1.30 bits per heavy atom. The van der Waals surface area contributed by atoms with Crippen molar-refractivity contribution in [3.8, 4) is 5.75 Å². The van der Waals surface area contributed by atoms with E-state index in [0.29, 0.717) is 24.4 Å². The molecule has 146 valence electrons. The Bertz CT molecular complexity index is 812. The smallest absolute Gasteiger partial charge is 0.245 e. The number of rotatable bonds is 5. The van der Waals surface area contributed by atoms with Crippen LogP contribution in [-0.2, 0) is 0 Å². The van der Waals surface area contributed by atoms with Crippen molar-refractivity contribution in [1.29, 1.82) is 0 Å². The first-order valence-corrected chi connectivity index (χ1v) is 10.5. The molecule has 1 aliphatic heterocycles.